The van der Waals surface area contributed by atoms with Crippen LogP contribution in [-0.4, -0.2) is 24.8 Å². The zero-order valence-electron chi connectivity index (χ0n) is 8.90. The number of aromatic carboxylic acids is 1. The zero-order valence-corrected chi connectivity index (χ0v) is 8.90. The maximum Gasteiger partial charge on any atom is 0.337 e. The molecule has 0 aromatic heterocycles. The van der Waals surface area contributed by atoms with E-state index in [2.05, 4.69) is 0 Å². The van der Waals surface area contributed by atoms with Gasteiger partial charge in [-0.1, -0.05) is 6.07 Å². The van der Waals surface area contributed by atoms with Crippen molar-refractivity contribution in [1.82, 2.24) is 0 Å². The Hall–Kier alpha value is -1.75. The Labute approximate surface area is 92.8 Å². The van der Waals surface area contributed by atoms with Gasteiger partial charge in [0.1, 0.15) is 5.75 Å². The molecule has 0 fully saturated rings. The molecule has 86 valence electrons. The van der Waals surface area contributed by atoms with Crippen LogP contribution in [0.5, 0.6) is 5.75 Å². The minimum atomic E-state index is -1.05. The molecule has 1 aliphatic rings. The maximum atomic E-state index is 10.9. The summed E-state index contributed by atoms with van der Waals surface area (Å²) in [7, 11) is 1.61. The van der Waals surface area contributed by atoms with Crippen LogP contribution in [0.15, 0.2) is 12.1 Å². The molecule has 2 rings (SSSR count). The predicted octanol–water partition coefficient (Wildman–Crippen LogP) is 1.44. The molecule has 5 heteroatoms. The van der Waals surface area contributed by atoms with Crippen LogP contribution in [0.1, 0.15) is 28.4 Å². The fourth-order valence-electron chi connectivity index (χ4n) is 1.89. The summed E-state index contributed by atoms with van der Waals surface area (Å²) < 4.78 is 10.7. The second kappa shape index (κ2) is 4.02. The number of hydrogen-bond donors (Lipinski definition) is 2. The molecule has 1 atom stereocenters. The average molecular weight is 223 g/mol. The van der Waals surface area contributed by atoms with Gasteiger partial charge in [-0.25, -0.2) is 4.79 Å². The Bertz CT molecular complexity index is 430. The number of fused-ring (bicyclic) bond motifs is 1. The van der Waals surface area contributed by atoms with Gasteiger partial charge in [0.25, 0.3) is 0 Å². The second-order valence-electron chi connectivity index (χ2n) is 3.61. The molecule has 0 spiro atoms. The van der Waals surface area contributed by atoms with Gasteiger partial charge in [-0.2, -0.15) is 0 Å². The van der Waals surface area contributed by atoms with E-state index in [4.69, 9.17) is 20.3 Å². The molecule has 1 heterocycles. The number of nitrogens with two attached hydrogens (primary N) is 1. The van der Waals surface area contributed by atoms with E-state index in [1.54, 1.807) is 13.2 Å². The first-order valence-electron chi connectivity index (χ1n) is 4.96. The van der Waals surface area contributed by atoms with Crippen molar-refractivity contribution < 1.29 is 19.4 Å². The third-order valence-electron chi connectivity index (χ3n) is 2.71. The summed E-state index contributed by atoms with van der Waals surface area (Å²) >= 11 is 0. The number of hydrogen-bond acceptors (Lipinski definition) is 4. The van der Waals surface area contributed by atoms with Crippen LogP contribution in [0.3, 0.4) is 0 Å². The first kappa shape index (κ1) is 10.8. The van der Waals surface area contributed by atoms with Gasteiger partial charge in [0.15, 0.2) is 0 Å². The molecule has 1 aromatic rings. The number of anilines is 1. The third kappa shape index (κ3) is 1.59. The largest absolute Gasteiger partial charge is 0.491 e. The van der Waals surface area contributed by atoms with Crippen LogP contribution in [0.4, 0.5) is 5.69 Å². The molecule has 0 radical (unpaired) electrons. The molecule has 0 amide bonds. The summed E-state index contributed by atoms with van der Waals surface area (Å²) in [5, 5.41) is 8.92. The van der Waals surface area contributed by atoms with Crippen LogP contribution >= 0.6 is 0 Å². The van der Waals surface area contributed by atoms with E-state index < -0.39 is 5.97 Å². The van der Waals surface area contributed by atoms with Crippen molar-refractivity contribution in [1.29, 1.82) is 0 Å². The number of carboxylic acids is 1. The number of nitrogen functional groups attached to an aromatic ring is 1. The maximum absolute atomic E-state index is 10.9. The summed E-state index contributed by atoms with van der Waals surface area (Å²) in [5.41, 5.74) is 6.81. The van der Waals surface area contributed by atoms with Gasteiger partial charge in [-0.05, 0) is 6.07 Å². The molecule has 0 saturated carbocycles. The minimum Gasteiger partial charge on any atom is -0.491 e. The summed E-state index contributed by atoms with van der Waals surface area (Å²) in [6.07, 6.45) is 0.670. The van der Waals surface area contributed by atoms with Gasteiger partial charge in [-0.15, -0.1) is 0 Å². The van der Waals surface area contributed by atoms with Crippen LogP contribution in [0.2, 0.25) is 0 Å². The van der Waals surface area contributed by atoms with Crippen LogP contribution < -0.4 is 10.5 Å². The van der Waals surface area contributed by atoms with E-state index in [9.17, 15) is 4.79 Å². The first-order chi connectivity index (χ1) is 7.65. The number of carboxylic acid groups (broad SMARTS) is 1. The van der Waals surface area contributed by atoms with Crippen LogP contribution in [0.25, 0.3) is 0 Å². The highest BCUT2D eigenvalue weighted by molar-refractivity contribution is 5.95. The fraction of sp³-hybridized carbons (Fsp3) is 0.364. The highest BCUT2D eigenvalue weighted by Crippen LogP contribution is 2.39. The second-order valence-corrected chi connectivity index (χ2v) is 3.61. The Morgan fingerprint density at radius 3 is 3.00 bits per heavy atom. The smallest absolute Gasteiger partial charge is 0.337 e. The lowest BCUT2D eigenvalue weighted by atomic mass is 9.99. The highest BCUT2D eigenvalue weighted by atomic mass is 16.5. The van der Waals surface area contributed by atoms with Crippen LogP contribution in [0, 0.1) is 0 Å². The Morgan fingerprint density at radius 1 is 1.62 bits per heavy atom. The molecular formula is C11H13NO4. The average Bonchev–Trinajstić information content (AvgIpc) is 2.28. The molecule has 1 unspecified atom stereocenters. The monoisotopic (exact) mass is 223 g/mol. The molecule has 16 heavy (non-hydrogen) atoms. The standard InChI is InChI=1S/C11H13NO4/c1-15-8-4-5-16-10-6(8)2-3-7(9(10)12)11(13)14/h2-3,8H,4-5,12H2,1H3,(H,13,14). The van der Waals surface area contributed by atoms with Crippen molar-refractivity contribution in [3.05, 3.63) is 23.3 Å². The fourth-order valence-corrected chi connectivity index (χ4v) is 1.89. The number of rotatable bonds is 2. The lowest BCUT2D eigenvalue weighted by Gasteiger charge is -2.26. The molecule has 1 aromatic carbocycles. The van der Waals surface area contributed by atoms with E-state index in [0.29, 0.717) is 12.4 Å². The highest BCUT2D eigenvalue weighted by Gasteiger charge is 2.25. The van der Waals surface area contributed by atoms with Crippen molar-refractivity contribution >= 4 is 11.7 Å². The number of methoxy groups -OCH3 is 1. The lowest BCUT2D eigenvalue weighted by molar-refractivity contribution is 0.0631. The molecule has 5 nitrogen and oxygen atoms in total. The summed E-state index contributed by atoms with van der Waals surface area (Å²) in [5.74, 6) is -0.610. The van der Waals surface area contributed by atoms with E-state index >= 15 is 0 Å². The van der Waals surface area contributed by atoms with Gasteiger partial charge < -0.3 is 20.3 Å². The van der Waals surface area contributed by atoms with E-state index in [-0.39, 0.29) is 17.4 Å². The van der Waals surface area contributed by atoms with Crippen LogP contribution in [-0.2, 0) is 4.74 Å². The van der Waals surface area contributed by atoms with Crippen molar-refractivity contribution in [2.75, 3.05) is 19.5 Å². The molecule has 3 N–H and O–H groups in total. The van der Waals surface area contributed by atoms with E-state index in [1.807, 2.05) is 0 Å². The molecule has 0 aliphatic carbocycles. The number of ether oxygens (including phenoxy) is 2. The van der Waals surface area contributed by atoms with Gasteiger partial charge in [0, 0.05) is 19.1 Å². The van der Waals surface area contributed by atoms with Crippen molar-refractivity contribution in [3.8, 4) is 5.75 Å². The molecule has 0 saturated heterocycles. The van der Waals surface area contributed by atoms with Gasteiger partial charge in [-0.3, -0.25) is 0 Å². The van der Waals surface area contributed by atoms with Gasteiger partial charge in [0.05, 0.1) is 24.0 Å². The van der Waals surface area contributed by atoms with Gasteiger partial charge in [0.2, 0.25) is 0 Å². The minimum absolute atomic E-state index is 0.0653. The topological polar surface area (TPSA) is 81.8 Å². The quantitative estimate of drug-likeness (QED) is 0.741. The SMILES string of the molecule is COC1CCOc2c1ccc(C(=O)O)c2N. The Balaban J connectivity index is 2.53. The zero-order chi connectivity index (χ0) is 11.7. The molecular weight excluding hydrogens is 210 g/mol. The number of carbonyl (C=O) groups is 1. The van der Waals surface area contributed by atoms with Crippen molar-refractivity contribution in [2.45, 2.75) is 12.5 Å². The third-order valence-corrected chi connectivity index (χ3v) is 2.71. The molecule has 1 aliphatic heterocycles. The first-order valence-corrected chi connectivity index (χ1v) is 4.96. The predicted molar refractivity (Wildman–Crippen MR) is 57.7 cm³/mol. The molecule has 0 bridgehead atoms. The van der Waals surface area contributed by atoms with Crippen molar-refractivity contribution in [2.24, 2.45) is 0 Å². The van der Waals surface area contributed by atoms with Crippen molar-refractivity contribution in [3.63, 3.8) is 0 Å². The van der Waals surface area contributed by atoms with E-state index in [0.717, 1.165) is 12.0 Å². The summed E-state index contributed by atoms with van der Waals surface area (Å²) in [6.45, 7) is 0.485. The number of benzene rings is 1. The summed E-state index contributed by atoms with van der Waals surface area (Å²) in [4.78, 5) is 10.9. The lowest BCUT2D eigenvalue weighted by Crippen LogP contribution is -2.18. The normalized spacial score (nSPS) is 18.7. The summed E-state index contributed by atoms with van der Waals surface area (Å²) in [6, 6.07) is 3.18. The Morgan fingerprint density at radius 2 is 2.38 bits per heavy atom. The van der Waals surface area contributed by atoms with Gasteiger partial charge >= 0.3 is 5.97 Å². The van der Waals surface area contributed by atoms with E-state index in [1.165, 1.54) is 6.07 Å². The Kier molecular flexibility index (Phi) is 2.70.